The maximum atomic E-state index is 12.1. The molecule has 0 fully saturated rings. The molecule has 0 bridgehead atoms. The molecule has 0 saturated carbocycles. The number of benzene rings is 1. The Morgan fingerprint density at radius 3 is 2.23 bits per heavy atom. The van der Waals surface area contributed by atoms with Crippen molar-refractivity contribution in [2.75, 3.05) is 13.7 Å². The van der Waals surface area contributed by atoms with Crippen molar-refractivity contribution in [3.05, 3.63) is 35.4 Å². The SMILES string of the molecule is C/C(N)=N/N=C(\N)c1ccc(CC(=O)NCN(C)OC(C)(C)CC(=O)O)cc1.CC. The number of amides is 1. The van der Waals surface area contributed by atoms with Crippen LogP contribution in [0, 0.1) is 0 Å². The fourth-order valence-electron chi connectivity index (χ4n) is 2.28. The van der Waals surface area contributed by atoms with Gasteiger partial charge in [0.25, 0.3) is 0 Å². The second kappa shape index (κ2) is 13.3. The molecule has 10 heteroatoms. The number of aliphatic carboxylic acids is 1. The number of nitrogens with zero attached hydrogens (tertiary/aromatic N) is 3. The molecule has 6 N–H and O–H groups in total. The lowest BCUT2D eigenvalue weighted by Gasteiger charge is -2.29. The van der Waals surface area contributed by atoms with Gasteiger partial charge in [0.05, 0.1) is 25.1 Å². The van der Waals surface area contributed by atoms with E-state index in [0.717, 1.165) is 5.56 Å². The fraction of sp³-hybridized carbons (Fsp3) is 0.500. The Hall–Kier alpha value is -2.98. The number of nitrogens with one attached hydrogen (secondary N) is 1. The van der Waals surface area contributed by atoms with E-state index in [2.05, 4.69) is 15.5 Å². The molecule has 0 aliphatic heterocycles. The molecule has 0 saturated heterocycles. The predicted octanol–water partition coefficient (Wildman–Crippen LogP) is 1.44. The summed E-state index contributed by atoms with van der Waals surface area (Å²) in [5.74, 6) is -0.633. The molecule has 0 aromatic heterocycles. The van der Waals surface area contributed by atoms with Crippen molar-refractivity contribution in [1.29, 1.82) is 0 Å². The molecular weight excluding hydrogens is 388 g/mol. The molecular formula is C20H34N6O4. The van der Waals surface area contributed by atoms with E-state index in [1.807, 2.05) is 13.8 Å². The second-order valence-corrected chi connectivity index (χ2v) is 6.91. The Balaban J connectivity index is 0.00000407. The smallest absolute Gasteiger partial charge is 0.306 e. The first-order valence-electron chi connectivity index (χ1n) is 9.60. The molecule has 0 spiro atoms. The third-order valence-electron chi connectivity index (χ3n) is 3.41. The highest BCUT2D eigenvalue weighted by atomic mass is 16.7. The summed E-state index contributed by atoms with van der Waals surface area (Å²) in [7, 11) is 1.62. The molecule has 1 rings (SSSR count). The number of carboxylic acid groups (broad SMARTS) is 1. The molecule has 0 atom stereocenters. The molecule has 30 heavy (non-hydrogen) atoms. The number of carbonyl (C=O) groups excluding carboxylic acids is 1. The number of hydrogen-bond donors (Lipinski definition) is 4. The molecule has 0 aliphatic rings. The first-order chi connectivity index (χ1) is 14.0. The Bertz CT molecular complexity index is 740. The van der Waals surface area contributed by atoms with Crippen molar-refractivity contribution in [1.82, 2.24) is 10.4 Å². The van der Waals surface area contributed by atoms with E-state index in [1.54, 1.807) is 52.1 Å². The summed E-state index contributed by atoms with van der Waals surface area (Å²) in [6.45, 7) is 9.05. The van der Waals surface area contributed by atoms with Crippen molar-refractivity contribution in [3.8, 4) is 0 Å². The molecule has 1 amide bonds. The number of hydroxylamine groups is 2. The van der Waals surface area contributed by atoms with Crippen molar-refractivity contribution < 1.29 is 19.5 Å². The van der Waals surface area contributed by atoms with Gasteiger partial charge >= 0.3 is 5.97 Å². The van der Waals surface area contributed by atoms with Crippen molar-refractivity contribution in [2.45, 2.75) is 53.1 Å². The first kappa shape index (κ1) is 27.0. The molecule has 1 aromatic rings. The minimum atomic E-state index is -0.957. The maximum Gasteiger partial charge on any atom is 0.306 e. The fourth-order valence-corrected chi connectivity index (χ4v) is 2.28. The Labute approximate surface area is 177 Å². The van der Waals surface area contributed by atoms with Crippen LogP contribution < -0.4 is 16.8 Å². The molecule has 0 aliphatic carbocycles. The third-order valence-corrected chi connectivity index (χ3v) is 3.41. The monoisotopic (exact) mass is 422 g/mol. The summed E-state index contributed by atoms with van der Waals surface area (Å²) in [5, 5.41) is 20.5. The van der Waals surface area contributed by atoms with Crippen LogP contribution in [0.4, 0.5) is 0 Å². The van der Waals surface area contributed by atoms with Crippen molar-refractivity contribution >= 4 is 23.5 Å². The molecule has 168 valence electrons. The number of amidine groups is 2. The predicted molar refractivity (Wildman–Crippen MR) is 118 cm³/mol. The van der Waals surface area contributed by atoms with Gasteiger partial charge < -0.3 is 21.9 Å². The van der Waals surface area contributed by atoms with Gasteiger partial charge in [-0.15, -0.1) is 10.2 Å². The average molecular weight is 423 g/mol. The minimum absolute atomic E-state index is 0.121. The lowest BCUT2D eigenvalue weighted by molar-refractivity contribution is -0.227. The van der Waals surface area contributed by atoms with Crippen molar-refractivity contribution in [2.24, 2.45) is 21.7 Å². The van der Waals surface area contributed by atoms with Gasteiger partial charge in [0.2, 0.25) is 5.91 Å². The van der Waals surface area contributed by atoms with Gasteiger partial charge in [-0.05, 0) is 26.3 Å². The summed E-state index contributed by atoms with van der Waals surface area (Å²) in [4.78, 5) is 28.4. The van der Waals surface area contributed by atoms with E-state index in [4.69, 9.17) is 21.4 Å². The third kappa shape index (κ3) is 11.8. The van der Waals surface area contributed by atoms with Gasteiger partial charge in [0, 0.05) is 12.6 Å². The second-order valence-electron chi connectivity index (χ2n) is 6.91. The zero-order chi connectivity index (χ0) is 23.3. The average Bonchev–Trinajstić information content (AvgIpc) is 2.65. The Morgan fingerprint density at radius 2 is 1.73 bits per heavy atom. The normalized spacial score (nSPS) is 12.2. The highest BCUT2D eigenvalue weighted by molar-refractivity contribution is 5.97. The van der Waals surface area contributed by atoms with E-state index in [1.165, 1.54) is 5.06 Å². The Morgan fingerprint density at radius 1 is 1.17 bits per heavy atom. The summed E-state index contributed by atoms with van der Waals surface area (Å²) >= 11 is 0. The summed E-state index contributed by atoms with van der Waals surface area (Å²) in [6.07, 6.45) is 0.0178. The van der Waals surface area contributed by atoms with E-state index in [9.17, 15) is 9.59 Å². The first-order valence-corrected chi connectivity index (χ1v) is 9.60. The van der Waals surface area contributed by atoms with Gasteiger partial charge in [0.15, 0.2) is 5.84 Å². The quantitative estimate of drug-likeness (QED) is 0.192. The lowest BCUT2D eigenvalue weighted by Crippen LogP contribution is -2.42. The van der Waals surface area contributed by atoms with E-state index in [-0.39, 0.29) is 31.3 Å². The standard InChI is InChI=1S/C18H28N6O4.C2H6/c1-12(19)22-23-17(20)14-7-5-13(6-8-14)9-15(25)21-11-24(4)28-18(2,3)10-16(26)27;1-2/h5-8H,9-11H2,1-4H3,(H2,19,22)(H2,20,23)(H,21,25)(H,26,27);1-2H3. The maximum absolute atomic E-state index is 12.1. The van der Waals surface area contributed by atoms with Gasteiger partial charge in [-0.25, -0.2) is 0 Å². The minimum Gasteiger partial charge on any atom is -0.481 e. The van der Waals surface area contributed by atoms with Crippen LogP contribution in [0.3, 0.4) is 0 Å². The number of hydrogen-bond acceptors (Lipinski definition) is 6. The van der Waals surface area contributed by atoms with Crippen LogP contribution in [0.1, 0.15) is 52.2 Å². The highest BCUT2D eigenvalue weighted by Gasteiger charge is 2.25. The Kier molecular flexibility index (Phi) is 12.0. The summed E-state index contributed by atoms with van der Waals surface area (Å²) < 4.78 is 0. The molecule has 0 heterocycles. The zero-order valence-corrected chi connectivity index (χ0v) is 18.6. The van der Waals surface area contributed by atoms with Crippen LogP contribution in [0.15, 0.2) is 34.5 Å². The topological polar surface area (TPSA) is 156 Å². The van der Waals surface area contributed by atoms with Gasteiger partial charge in [-0.3, -0.25) is 14.4 Å². The largest absolute Gasteiger partial charge is 0.481 e. The number of rotatable bonds is 10. The van der Waals surface area contributed by atoms with Crippen LogP contribution >= 0.6 is 0 Å². The van der Waals surface area contributed by atoms with E-state index in [0.29, 0.717) is 11.4 Å². The summed E-state index contributed by atoms with van der Waals surface area (Å²) in [5.41, 5.74) is 11.8. The zero-order valence-electron chi connectivity index (χ0n) is 18.6. The molecule has 0 radical (unpaired) electrons. The van der Waals surface area contributed by atoms with Gasteiger partial charge in [0.1, 0.15) is 5.84 Å². The van der Waals surface area contributed by atoms with Crippen molar-refractivity contribution in [3.63, 3.8) is 0 Å². The van der Waals surface area contributed by atoms with Gasteiger partial charge in [-0.1, -0.05) is 38.1 Å². The number of nitrogens with two attached hydrogens (primary N) is 2. The molecule has 0 unspecified atom stereocenters. The van der Waals surface area contributed by atoms with Crippen LogP contribution in [0.2, 0.25) is 0 Å². The van der Waals surface area contributed by atoms with Gasteiger partial charge in [-0.2, -0.15) is 5.06 Å². The molecule has 1 aromatic carbocycles. The lowest BCUT2D eigenvalue weighted by atomic mass is 10.1. The van der Waals surface area contributed by atoms with Crippen LogP contribution in [-0.2, 0) is 20.8 Å². The van der Waals surface area contributed by atoms with E-state index < -0.39 is 11.6 Å². The van der Waals surface area contributed by atoms with Crippen LogP contribution in [0.25, 0.3) is 0 Å². The number of carboxylic acids is 1. The molecule has 10 nitrogen and oxygen atoms in total. The van der Waals surface area contributed by atoms with Crippen LogP contribution in [0.5, 0.6) is 0 Å². The van der Waals surface area contributed by atoms with E-state index >= 15 is 0 Å². The highest BCUT2D eigenvalue weighted by Crippen LogP contribution is 2.15. The van der Waals surface area contributed by atoms with Crippen LogP contribution in [-0.4, -0.2) is 53.0 Å². The summed E-state index contributed by atoms with van der Waals surface area (Å²) in [6, 6.07) is 7.03. The number of carbonyl (C=O) groups is 2.